The Kier molecular flexibility index (Phi) is 6.70. The molecule has 1 rings (SSSR count). The van der Waals surface area contributed by atoms with Crippen LogP contribution < -0.4 is 5.32 Å². The second-order valence-corrected chi connectivity index (χ2v) is 5.49. The fourth-order valence-corrected chi connectivity index (χ4v) is 2.34. The summed E-state index contributed by atoms with van der Waals surface area (Å²) in [5, 5.41) is 3.19. The molecule has 0 saturated carbocycles. The van der Waals surface area contributed by atoms with Gasteiger partial charge in [-0.2, -0.15) is 11.8 Å². The van der Waals surface area contributed by atoms with E-state index in [0.717, 1.165) is 24.5 Å². The molecule has 0 bridgehead atoms. The highest BCUT2D eigenvalue weighted by Crippen LogP contribution is 2.11. The van der Waals surface area contributed by atoms with Gasteiger partial charge < -0.3 is 10.2 Å². The molecule has 0 aliphatic heterocycles. The van der Waals surface area contributed by atoms with Crippen LogP contribution in [0.4, 0.5) is 5.82 Å². The van der Waals surface area contributed by atoms with Crippen molar-refractivity contribution < 1.29 is 4.79 Å². The third-order valence-corrected chi connectivity index (χ3v) is 3.77. The Morgan fingerprint density at radius 1 is 1.53 bits per heavy atom. The third-order valence-electron chi connectivity index (χ3n) is 2.96. The summed E-state index contributed by atoms with van der Waals surface area (Å²) in [5.41, 5.74) is 0.637. The Morgan fingerprint density at radius 2 is 2.26 bits per heavy atom. The molecule has 0 aliphatic rings. The fourth-order valence-electron chi connectivity index (χ4n) is 1.63. The lowest BCUT2D eigenvalue weighted by Crippen LogP contribution is -2.36. The zero-order chi connectivity index (χ0) is 14.3. The van der Waals surface area contributed by atoms with E-state index >= 15 is 0 Å². The predicted molar refractivity (Wildman–Crippen MR) is 83.0 cm³/mol. The number of nitrogens with zero attached hydrogens (tertiary/aromatic N) is 2. The summed E-state index contributed by atoms with van der Waals surface area (Å²) in [6.45, 7) is 5.05. The summed E-state index contributed by atoms with van der Waals surface area (Å²) in [4.78, 5) is 18.3. The Labute approximate surface area is 120 Å². The minimum Gasteiger partial charge on any atom is -0.370 e. The monoisotopic (exact) mass is 281 g/mol. The van der Waals surface area contributed by atoms with Crippen LogP contribution in [-0.4, -0.2) is 47.4 Å². The zero-order valence-corrected chi connectivity index (χ0v) is 13.0. The normalized spacial score (nSPS) is 12.0. The summed E-state index contributed by atoms with van der Waals surface area (Å²) in [6.07, 6.45) is 4.74. The number of carbonyl (C=O) groups excluding carboxylic acids is 1. The lowest BCUT2D eigenvalue weighted by molar-refractivity contribution is 0.0757. The number of aromatic nitrogens is 1. The van der Waals surface area contributed by atoms with Crippen LogP contribution in [0, 0.1) is 0 Å². The maximum Gasteiger partial charge on any atom is 0.255 e. The number of pyridine rings is 1. The van der Waals surface area contributed by atoms with Crippen molar-refractivity contribution in [2.75, 3.05) is 30.9 Å². The van der Waals surface area contributed by atoms with Crippen LogP contribution in [0.2, 0.25) is 0 Å². The molecule has 1 N–H and O–H groups in total. The first-order valence-electron chi connectivity index (χ1n) is 6.56. The highest BCUT2D eigenvalue weighted by Gasteiger charge is 2.17. The van der Waals surface area contributed by atoms with Gasteiger partial charge in [0.1, 0.15) is 5.82 Å². The van der Waals surface area contributed by atoms with Crippen molar-refractivity contribution in [2.45, 2.75) is 26.3 Å². The molecular weight excluding hydrogens is 258 g/mol. The Morgan fingerprint density at radius 3 is 2.79 bits per heavy atom. The average molecular weight is 281 g/mol. The van der Waals surface area contributed by atoms with Crippen molar-refractivity contribution in [3.8, 4) is 0 Å². The molecule has 1 aromatic rings. The van der Waals surface area contributed by atoms with Gasteiger partial charge in [-0.25, -0.2) is 4.98 Å². The topological polar surface area (TPSA) is 45.2 Å². The lowest BCUT2D eigenvalue weighted by atomic mass is 10.2. The quantitative estimate of drug-likeness (QED) is 0.834. The Hall–Kier alpha value is -1.23. The number of hydrogen-bond donors (Lipinski definition) is 1. The van der Waals surface area contributed by atoms with E-state index in [1.807, 2.05) is 25.4 Å². The van der Waals surface area contributed by atoms with Crippen LogP contribution in [0.3, 0.4) is 0 Å². The van der Waals surface area contributed by atoms with E-state index < -0.39 is 0 Å². The molecule has 0 saturated heterocycles. The molecule has 4 nitrogen and oxygen atoms in total. The van der Waals surface area contributed by atoms with Gasteiger partial charge in [-0.05, 0) is 31.7 Å². The number of rotatable bonds is 7. The maximum absolute atomic E-state index is 12.2. The van der Waals surface area contributed by atoms with Gasteiger partial charge in [0.05, 0.1) is 5.56 Å². The van der Waals surface area contributed by atoms with Crippen LogP contribution >= 0.6 is 11.8 Å². The highest BCUT2D eigenvalue weighted by molar-refractivity contribution is 7.98. The van der Waals surface area contributed by atoms with Crippen LogP contribution in [0.15, 0.2) is 18.3 Å². The van der Waals surface area contributed by atoms with Crippen molar-refractivity contribution >= 4 is 23.5 Å². The van der Waals surface area contributed by atoms with Gasteiger partial charge in [-0.1, -0.05) is 6.92 Å². The second-order valence-electron chi connectivity index (χ2n) is 4.58. The highest BCUT2D eigenvalue weighted by atomic mass is 32.2. The standard InChI is InChI=1S/C14H23N3OS/c1-5-8-15-13-7-6-12(9-16-13)14(18)17(3)11(2)10-19-4/h6-7,9,11H,5,8,10H2,1-4H3,(H,15,16). The minimum atomic E-state index is 0.0242. The predicted octanol–water partition coefficient (Wildman–Crippen LogP) is 2.73. The number of carbonyl (C=O) groups is 1. The van der Waals surface area contributed by atoms with E-state index in [4.69, 9.17) is 0 Å². The molecule has 1 heterocycles. The molecule has 0 spiro atoms. The number of hydrogen-bond acceptors (Lipinski definition) is 4. The SMILES string of the molecule is CCCNc1ccc(C(=O)N(C)C(C)CSC)cn1. The van der Waals surface area contributed by atoms with Crippen molar-refractivity contribution in [3.63, 3.8) is 0 Å². The van der Waals surface area contributed by atoms with E-state index in [-0.39, 0.29) is 11.9 Å². The van der Waals surface area contributed by atoms with Crippen LogP contribution in [-0.2, 0) is 0 Å². The van der Waals surface area contributed by atoms with E-state index in [1.165, 1.54) is 0 Å². The second kappa shape index (κ2) is 8.04. The summed E-state index contributed by atoms with van der Waals surface area (Å²) >= 11 is 1.74. The Bertz CT molecular complexity index is 394. The molecule has 0 aromatic carbocycles. The lowest BCUT2D eigenvalue weighted by Gasteiger charge is -2.24. The van der Waals surface area contributed by atoms with Gasteiger partial charge in [0.15, 0.2) is 0 Å². The molecule has 0 fully saturated rings. The van der Waals surface area contributed by atoms with Gasteiger partial charge in [0, 0.05) is 31.6 Å². The van der Waals surface area contributed by atoms with Gasteiger partial charge in [-0.15, -0.1) is 0 Å². The minimum absolute atomic E-state index is 0.0242. The van der Waals surface area contributed by atoms with Gasteiger partial charge >= 0.3 is 0 Å². The molecule has 5 heteroatoms. The fraction of sp³-hybridized carbons (Fsp3) is 0.571. The van der Waals surface area contributed by atoms with E-state index in [9.17, 15) is 4.79 Å². The molecule has 1 atom stereocenters. The molecular formula is C14H23N3OS. The first-order valence-corrected chi connectivity index (χ1v) is 7.95. The number of thioether (sulfide) groups is 1. The molecule has 19 heavy (non-hydrogen) atoms. The Balaban J connectivity index is 2.66. The van der Waals surface area contributed by atoms with E-state index in [1.54, 1.807) is 22.9 Å². The van der Waals surface area contributed by atoms with Gasteiger partial charge in [0.25, 0.3) is 5.91 Å². The zero-order valence-electron chi connectivity index (χ0n) is 12.1. The van der Waals surface area contributed by atoms with Gasteiger partial charge in [0.2, 0.25) is 0 Å². The number of nitrogens with one attached hydrogen (secondary N) is 1. The van der Waals surface area contributed by atoms with Crippen molar-refractivity contribution in [1.82, 2.24) is 9.88 Å². The average Bonchev–Trinajstić information content (AvgIpc) is 2.44. The molecule has 0 aliphatic carbocycles. The summed E-state index contributed by atoms with van der Waals surface area (Å²) in [6, 6.07) is 3.91. The summed E-state index contributed by atoms with van der Waals surface area (Å²) in [7, 11) is 1.84. The van der Waals surface area contributed by atoms with Crippen LogP contribution in [0.1, 0.15) is 30.6 Å². The third kappa shape index (κ3) is 4.74. The molecule has 106 valence electrons. The number of anilines is 1. The van der Waals surface area contributed by atoms with Crippen LogP contribution in [0.25, 0.3) is 0 Å². The van der Waals surface area contributed by atoms with E-state index in [2.05, 4.69) is 24.1 Å². The van der Waals surface area contributed by atoms with Crippen molar-refractivity contribution in [2.24, 2.45) is 0 Å². The van der Waals surface area contributed by atoms with Gasteiger partial charge in [-0.3, -0.25) is 4.79 Å². The molecule has 1 unspecified atom stereocenters. The molecule has 1 amide bonds. The van der Waals surface area contributed by atoms with Crippen molar-refractivity contribution in [3.05, 3.63) is 23.9 Å². The van der Waals surface area contributed by atoms with Crippen LogP contribution in [0.5, 0.6) is 0 Å². The largest absolute Gasteiger partial charge is 0.370 e. The molecule has 1 aromatic heterocycles. The van der Waals surface area contributed by atoms with Crippen molar-refractivity contribution in [1.29, 1.82) is 0 Å². The summed E-state index contributed by atoms with van der Waals surface area (Å²) < 4.78 is 0. The smallest absolute Gasteiger partial charge is 0.255 e. The van der Waals surface area contributed by atoms with E-state index in [0.29, 0.717) is 5.56 Å². The maximum atomic E-state index is 12.2. The first-order chi connectivity index (χ1) is 9.10. The first kappa shape index (κ1) is 15.8. The molecule has 0 radical (unpaired) electrons. The number of amides is 1. The summed E-state index contributed by atoms with van der Waals surface area (Å²) in [5.74, 6) is 1.78.